The number of hydrogen-bond donors (Lipinski definition) is 3. The highest BCUT2D eigenvalue weighted by atomic mass is 16.1. The van der Waals surface area contributed by atoms with E-state index in [9.17, 15) is 14.4 Å². The van der Waals surface area contributed by atoms with Crippen LogP contribution in [0.3, 0.4) is 0 Å². The number of primary amides is 3. The minimum Gasteiger partial charge on any atom is -0.366 e. The maximum atomic E-state index is 9.82. The Kier molecular flexibility index (Phi) is 20.9. The fourth-order valence-electron chi connectivity index (χ4n) is 1.06. The van der Waals surface area contributed by atoms with Crippen LogP contribution in [0, 0.1) is 0 Å². The van der Waals surface area contributed by atoms with Gasteiger partial charge in [0.1, 0.15) is 0 Å². The number of carbonyl (C=O) groups excluding carboxylic acids is 3. The summed E-state index contributed by atoms with van der Waals surface area (Å²) in [5.41, 5.74) is 14.2. The average Bonchev–Trinajstić information content (AvgIpc) is 2.50. The molecule has 126 valence electrons. The van der Waals surface area contributed by atoms with E-state index in [1.165, 1.54) is 38.5 Å². The van der Waals surface area contributed by atoms with Gasteiger partial charge in [-0.15, -0.1) is 0 Å². The molecule has 1 rings (SSSR count). The van der Waals surface area contributed by atoms with Crippen LogP contribution in [0.25, 0.3) is 0 Å². The molecule has 1 aliphatic carbocycles. The van der Waals surface area contributed by atoms with Crippen molar-refractivity contribution < 1.29 is 14.4 Å². The monoisotopic (exact) mass is 311 g/mol. The molecular formula is C16H29N3O3. The Labute approximate surface area is 133 Å². The van der Waals surface area contributed by atoms with E-state index in [1.807, 2.05) is 0 Å². The molecule has 1 fully saturated rings. The molecule has 0 atom stereocenters. The largest absolute Gasteiger partial charge is 0.366 e. The maximum absolute atomic E-state index is 9.82. The number of nitrogens with two attached hydrogens (primary N) is 3. The lowest BCUT2D eigenvalue weighted by Gasteiger charge is -2.05. The van der Waals surface area contributed by atoms with Crippen LogP contribution in [-0.2, 0) is 14.4 Å². The molecule has 6 nitrogen and oxygen atoms in total. The minimum absolute atomic E-state index is 0.398. The number of carbonyl (C=O) groups is 3. The van der Waals surface area contributed by atoms with Crippen LogP contribution < -0.4 is 17.2 Å². The standard InChI is InChI=1S/C6H12.C4H7NO.2C3H5NO/c1-2-4-6-5-3-1;1-3(2)4(5)6;2*1-2-3(4)5/h1-6H2;1H2,2H3,(H2,5,6);2*2H,1H2,(H2,4,5). The molecule has 0 aromatic carbocycles. The van der Waals surface area contributed by atoms with Crippen molar-refractivity contribution in [2.45, 2.75) is 45.4 Å². The van der Waals surface area contributed by atoms with Crippen molar-refractivity contribution in [1.29, 1.82) is 0 Å². The third-order valence-corrected chi connectivity index (χ3v) is 2.32. The molecule has 0 bridgehead atoms. The Morgan fingerprint density at radius 1 is 0.773 bits per heavy atom. The molecule has 0 radical (unpaired) electrons. The van der Waals surface area contributed by atoms with Crippen LogP contribution in [0.4, 0.5) is 0 Å². The fourth-order valence-corrected chi connectivity index (χ4v) is 1.06. The summed E-state index contributed by atoms with van der Waals surface area (Å²) in [6.07, 6.45) is 11.1. The van der Waals surface area contributed by atoms with Gasteiger partial charge in [-0.2, -0.15) is 0 Å². The Bertz CT molecular complexity index is 331. The van der Waals surface area contributed by atoms with Gasteiger partial charge in [-0.3, -0.25) is 14.4 Å². The first-order valence-electron chi connectivity index (χ1n) is 6.98. The summed E-state index contributed by atoms with van der Waals surface area (Å²) in [5, 5.41) is 0. The van der Waals surface area contributed by atoms with Crippen molar-refractivity contribution in [2.75, 3.05) is 0 Å². The van der Waals surface area contributed by atoms with E-state index in [-0.39, 0.29) is 0 Å². The molecule has 22 heavy (non-hydrogen) atoms. The molecule has 0 heterocycles. The molecular weight excluding hydrogens is 282 g/mol. The molecule has 3 amide bonds. The van der Waals surface area contributed by atoms with Crippen molar-refractivity contribution in [1.82, 2.24) is 0 Å². The SMILES string of the molecule is C1CCCCC1.C=C(C)C(N)=O.C=CC(N)=O.C=CC(N)=O. The van der Waals surface area contributed by atoms with Gasteiger partial charge in [-0.25, -0.2) is 0 Å². The molecule has 1 aliphatic rings. The van der Waals surface area contributed by atoms with Crippen molar-refractivity contribution in [3.63, 3.8) is 0 Å². The van der Waals surface area contributed by atoms with E-state index >= 15 is 0 Å². The summed E-state index contributed by atoms with van der Waals surface area (Å²) in [6.45, 7) is 11.0. The second-order valence-corrected chi connectivity index (χ2v) is 4.48. The van der Waals surface area contributed by atoms with Crippen LogP contribution in [0.15, 0.2) is 37.5 Å². The Balaban J connectivity index is -0.000000220. The van der Waals surface area contributed by atoms with Gasteiger partial charge >= 0.3 is 0 Å². The van der Waals surface area contributed by atoms with Gasteiger partial charge in [0, 0.05) is 5.57 Å². The highest BCUT2D eigenvalue weighted by Gasteiger charge is 1.95. The molecule has 6 heteroatoms. The zero-order valence-corrected chi connectivity index (χ0v) is 13.5. The summed E-state index contributed by atoms with van der Waals surface area (Å²) in [6, 6.07) is 0. The predicted molar refractivity (Wildman–Crippen MR) is 90.5 cm³/mol. The van der Waals surface area contributed by atoms with E-state index in [2.05, 4.69) is 31.2 Å². The molecule has 0 unspecified atom stereocenters. The first kappa shape index (κ1) is 24.6. The third-order valence-electron chi connectivity index (χ3n) is 2.32. The number of hydrogen-bond acceptors (Lipinski definition) is 3. The van der Waals surface area contributed by atoms with Crippen LogP contribution >= 0.6 is 0 Å². The van der Waals surface area contributed by atoms with Crippen molar-refractivity contribution in [3.05, 3.63) is 37.5 Å². The quantitative estimate of drug-likeness (QED) is 0.686. The van der Waals surface area contributed by atoms with Gasteiger partial charge in [-0.05, 0) is 19.1 Å². The predicted octanol–water partition coefficient (Wildman–Crippen LogP) is 1.70. The Morgan fingerprint density at radius 3 is 0.955 bits per heavy atom. The first-order valence-corrected chi connectivity index (χ1v) is 6.98. The summed E-state index contributed by atoms with van der Waals surface area (Å²) in [5.74, 6) is -1.40. The molecule has 0 aromatic heterocycles. The van der Waals surface area contributed by atoms with E-state index in [0.717, 1.165) is 12.2 Å². The van der Waals surface area contributed by atoms with Gasteiger partial charge < -0.3 is 17.2 Å². The number of rotatable bonds is 3. The highest BCUT2D eigenvalue weighted by molar-refractivity contribution is 5.90. The summed E-state index contributed by atoms with van der Waals surface area (Å²) in [7, 11) is 0. The van der Waals surface area contributed by atoms with E-state index in [4.69, 9.17) is 5.73 Å². The van der Waals surface area contributed by atoms with Gasteiger partial charge in [0.15, 0.2) is 0 Å². The van der Waals surface area contributed by atoms with Gasteiger partial charge in [0.05, 0.1) is 0 Å². The van der Waals surface area contributed by atoms with Crippen LogP contribution in [0.5, 0.6) is 0 Å². The second kappa shape index (κ2) is 18.6. The van der Waals surface area contributed by atoms with Crippen LogP contribution in [0.1, 0.15) is 45.4 Å². The highest BCUT2D eigenvalue weighted by Crippen LogP contribution is 2.15. The lowest BCUT2D eigenvalue weighted by atomic mass is 10.0. The molecule has 0 saturated heterocycles. The zero-order valence-electron chi connectivity index (χ0n) is 13.5. The second-order valence-electron chi connectivity index (χ2n) is 4.48. The lowest BCUT2D eigenvalue weighted by Crippen LogP contribution is -2.10. The maximum Gasteiger partial charge on any atom is 0.243 e. The summed E-state index contributed by atoms with van der Waals surface area (Å²) < 4.78 is 0. The van der Waals surface area contributed by atoms with Gasteiger partial charge in [0.2, 0.25) is 17.7 Å². The molecule has 0 aliphatic heterocycles. The topological polar surface area (TPSA) is 129 Å². The minimum atomic E-state index is -0.481. The smallest absolute Gasteiger partial charge is 0.243 e. The fraction of sp³-hybridized carbons (Fsp3) is 0.438. The Hall–Kier alpha value is -2.37. The molecule has 1 saturated carbocycles. The van der Waals surface area contributed by atoms with Crippen molar-refractivity contribution in [2.24, 2.45) is 17.2 Å². The lowest BCUT2D eigenvalue weighted by molar-refractivity contribution is -0.115. The summed E-state index contributed by atoms with van der Waals surface area (Å²) in [4.78, 5) is 28.8. The van der Waals surface area contributed by atoms with Gasteiger partial charge in [-0.1, -0.05) is 58.3 Å². The van der Waals surface area contributed by atoms with E-state index in [0.29, 0.717) is 5.57 Å². The molecule has 0 spiro atoms. The summed E-state index contributed by atoms with van der Waals surface area (Å²) >= 11 is 0. The van der Waals surface area contributed by atoms with E-state index in [1.54, 1.807) is 6.92 Å². The Morgan fingerprint density at radius 2 is 0.909 bits per heavy atom. The normalized spacial score (nSPS) is 11.5. The van der Waals surface area contributed by atoms with Crippen molar-refractivity contribution in [3.8, 4) is 0 Å². The van der Waals surface area contributed by atoms with Crippen LogP contribution in [-0.4, -0.2) is 17.7 Å². The molecule has 6 N–H and O–H groups in total. The van der Waals surface area contributed by atoms with Crippen molar-refractivity contribution >= 4 is 17.7 Å². The average molecular weight is 311 g/mol. The number of amides is 3. The van der Waals surface area contributed by atoms with Gasteiger partial charge in [0.25, 0.3) is 0 Å². The first-order chi connectivity index (χ1) is 10.2. The molecule has 0 aromatic rings. The van der Waals surface area contributed by atoms with Crippen LogP contribution in [0.2, 0.25) is 0 Å². The van der Waals surface area contributed by atoms with E-state index < -0.39 is 17.7 Å². The third kappa shape index (κ3) is 36.0. The zero-order chi connectivity index (χ0) is 18.0.